The molecule has 1 aliphatic heterocycles. The summed E-state index contributed by atoms with van der Waals surface area (Å²) in [7, 11) is 0. The molecule has 0 spiro atoms. The molecule has 1 saturated heterocycles. The third kappa shape index (κ3) is 2.24. The van der Waals surface area contributed by atoms with Crippen LogP contribution in [0, 0.1) is 0 Å². The van der Waals surface area contributed by atoms with Gasteiger partial charge >= 0.3 is 5.97 Å². The van der Waals surface area contributed by atoms with E-state index >= 15 is 0 Å². The van der Waals surface area contributed by atoms with E-state index in [2.05, 4.69) is 27.3 Å². The Kier molecular flexibility index (Phi) is 3.10. The molecule has 0 atom stereocenters. The lowest BCUT2D eigenvalue weighted by Gasteiger charge is -2.17. The molecule has 2 fully saturated rings. The summed E-state index contributed by atoms with van der Waals surface area (Å²) in [6.45, 7) is 2.22. The van der Waals surface area contributed by atoms with Crippen molar-refractivity contribution in [3.63, 3.8) is 0 Å². The molecule has 4 rings (SSSR count). The molecule has 1 aromatic carbocycles. The number of nitrogens with zero attached hydrogens (tertiary/aromatic N) is 4. The lowest BCUT2D eigenvalue weighted by atomic mass is 10.2. The van der Waals surface area contributed by atoms with E-state index in [1.165, 1.54) is 18.5 Å². The Hall–Kier alpha value is -2.37. The second kappa shape index (κ2) is 5.12. The fraction of sp³-hybridized carbons (Fsp3) is 0.438. The van der Waals surface area contributed by atoms with Crippen LogP contribution in [0.25, 0.3) is 5.69 Å². The quantitative estimate of drug-likeness (QED) is 0.938. The van der Waals surface area contributed by atoms with Gasteiger partial charge in [-0.3, -0.25) is 0 Å². The molecule has 6 nitrogen and oxygen atoms in total. The van der Waals surface area contributed by atoms with E-state index in [1.807, 2.05) is 12.1 Å². The van der Waals surface area contributed by atoms with Crippen LogP contribution in [0.3, 0.4) is 0 Å². The van der Waals surface area contributed by atoms with Gasteiger partial charge in [0.1, 0.15) is 0 Å². The molecule has 1 aromatic heterocycles. The molecule has 2 aromatic rings. The fourth-order valence-corrected chi connectivity index (χ4v) is 3.14. The molecule has 1 N–H and O–H groups in total. The standard InChI is InChI=1S/C16H18N4O2/c21-16(22)14-15(11-3-4-11)20(18-17-14)13-7-5-12(6-8-13)19-9-1-2-10-19/h5-8,11H,1-4,9-10H2,(H,21,22). The van der Waals surface area contributed by atoms with E-state index in [0.717, 1.165) is 37.3 Å². The van der Waals surface area contributed by atoms with Crippen molar-refractivity contribution in [1.82, 2.24) is 15.0 Å². The summed E-state index contributed by atoms with van der Waals surface area (Å²) in [4.78, 5) is 13.7. The van der Waals surface area contributed by atoms with Crippen LogP contribution in [0.5, 0.6) is 0 Å². The van der Waals surface area contributed by atoms with Crippen molar-refractivity contribution in [1.29, 1.82) is 0 Å². The van der Waals surface area contributed by atoms with Crippen LogP contribution in [0.2, 0.25) is 0 Å². The van der Waals surface area contributed by atoms with Gasteiger partial charge in [-0.05, 0) is 49.9 Å². The highest BCUT2D eigenvalue weighted by Gasteiger charge is 2.34. The fourth-order valence-electron chi connectivity index (χ4n) is 3.14. The van der Waals surface area contributed by atoms with Crippen LogP contribution in [-0.4, -0.2) is 39.2 Å². The summed E-state index contributed by atoms with van der Waals surface area (Å²) in [5.74, 6) is -0.721. The first-order valence-electron chi connectivity index (χ1n) is 7.78. The van der Waals surface area contributed by atoms with Crippen molar-refractivity contribution in [3.8, 4) is 5.69 Å². The molecular formula is C16H18N4O2. The van der Waals surface area contributed by atoms with Crippen LogP contribution in [-0.2, 0) is 0 Å². The molecule has 22 heavy (non-hydrogen) atoms. The van der Waals surface area contributed by atoms with E-state index in [-0.39, 0.29) is 11.6 Å². The molecule has 1 saturated carbocycles. The maximum atomic E-state index is 11.3. The zero-order valence-corrected chi connectivity index (χ0v) is 12.3. The zero-order valence-electron chi connectivity index (χ0n) is 12.3. The van der Waals surface area contributed by atoms with Gasteiger partial charge in [0, 0.05) is 24.7 Å². The van der Waals surface area contributed by atoms with Gasteiger partial charge in [0.05, 0.1) is 11.4 Å². The van der Waals surface area contributed by atoms with Gasteiger partial charge in [-0.2, -0.15) is 0 Å². The lowest BCUT2D eigenvalue weighted by Crippen LogP contribution is -2.17. The lowest BCUT2D eigenvalue weighted by molar-refractivity contribution is 0.0689. The average Bonchev–Trinajstić information content (AvgIpc) is 3.05. The summed E-state index contributed by atoms with van der Waals surface area (Å²) in [5.41, 5.74) is 2.92. The summed E-state index contributed by atoms with van der Waals surface area (Å²) in [5, 5.41) is 17.2. The molecule has 114 valence electrons. The Bertz CT molecular complexity index is 697. The van der Waals surface area contributed by atoms with E-state index in [9.17, 15) is 9.90 Å². The minimum atomic E-state index is -0.998. The first kappa shape index (κ1) is 13.3. The molecule has 6 heteroatoms. The molecule has 0 radical (unpaired) electrons. The molecule has 2 heterocycles. The number of hydrogen-bond acceptors (Lipinski definition) is 4. The first-order chi connectivity index (χ1) is 10.7. The Labute approximate surface area is 128 Å². The highest BCUT2D eigenvalue weighted by Crippen LogP contribution is 2.42. The van der Waals surface area contributed by atoms with Crippen molar-refractivity contribution in [2.75, 3.05) is 18.0 Å². The van der Waals surface area contributed by atoms with Gasteiger partial charge in [0.2, 0.25) is 0 Å². The molecular weight excluding hydrogens is 280 g/mol. The largest absolute Gasteiger partial charge is 0.476 e. The van der Waals surface area contributed by atoms with Crippen molar-refractivity contribution < 1.29 is 9.90 Å². The Balaban J connectivity index is 1.68. The number of benzene rings is 1. The second-order valence-electron chi connectivity index (χ2n) is 6.03. The van der Waals surface area contributed by atoms with Crippen LogP contribution in [0.4, 0.5) is 5.69 Å². The molecule has 0 bridgehead atoms. The number of aromatic carboxylic acids is 1. The Morgan fingerprint density at radius 1 is 1.09 bits per heavy atom. The summed E-state index contributed by atoms with van der Waals surface area (Å²) >= 11 is 0. The molecule has 1 aliphatic carbocycles. The number of carbonyl (C=O) groups is 1. The summed E-state index contributed by atoms with van der Waals surface area (Å²) in [6, 6.07) is 8.17. The van der Waals surface area contributed by atoms with Crippen molar-refractivity contribution >= 4 is 11.7 Å². The highest BCUT2D eigenvalue weighted by atomic mass is 16.4. The SMILES string of the molecule is O=C(O)c1nnn(-c2ccc(N3CCCC3)cc2)c1C1CC1. The van der Waals surface area contributed by atoms with Gasteiger partial charge in [-0.25, -0.2) is 9.48 Å². The highest BCUT2D eigenvalue weighted by molar-refractivity contribution is 5.87. The number of hydrogen-bond donors (Lipinski definition) is 1. The van der Waals surface area contributed by atoms with Gasteiger partial charge in [-0.15, -0.1) is 5.10 Å². The normalized spacial score (nSPS) is 17.9. The number of anilines is 1. The number of carboxylic acid groups (broad SMARTS) is 1. The van der Waals surface area contributed by atoms with E-state index in [4.69, 9.17) is 0 Å². The average molecular weight is 298 g/mol. The van der Waals surface area contributed by atoms with Crippen LogP contribution >= 0.6 is 0 Å². The minimum Gasteiger partial charge on any atom is -0.476 e. The van der Waals surface area contributed by atoms with Crippen LogP contribution in [0.1, 0.15) is 47.8 Å². The smallest absolute Gasteiger partial charge is 0.358 e. The third-order valence-corrected chi connectivity index (χ3v) is 4.44. The van der Waals surface area contributed by atoms with Gasteiger partial charge in [0.15, 0.2) is 5.69 Å². The minimum absolute atomic E-state index is 0.0890. The van der Waals surface area contributed by atoms with Gasteiger partial charge < -0.3 is 10.0 Å². The van der Waals surface area contributed by atoms with Gasteiger partial charge in [0.25, 0.3) is 0 Å². The topological polar surface area (TPSA) is 71.2 Å². The zero-order chi connectivity index (χ0) is 15.1. The second-order valence-corrected chi connectivity index (χ2v) is 6.03. The molecule has 2 aliphatic rings. The first-order valence-corrected chi connectivity index (χ1v) is 7.78. The maximum Gasteiger partial charge on any atom is 0.358 e. The van der Waals surface area contributed by atoms with E-state index < -0.39 is 5.97 Å². The number of carboxylic acids is 1. The van der Waals surface area contributed by atoms with E-state index in [1.54, 1.807) is 4.68 Å². The predicted molar refractivity (Wildman–Crippen MR) is 81.7 cm³/mol. The van der Waals surface area contributed by atoms with Crippen molar-refractivity contribution in [2.45, 2.75) is 31.6 Å². The summed E-state index contributed by atoms with van der Waals surface area (Å²) < 4.78 is 1.69. The monoisotopic (exact) mass is 298 g/mol. The predicted octanol–water partition coefficient (Wildman–Crippen LogP) is 2.44. The Morgan fingerprint density at radius 3 is 2.32 bits per heavy atom. The number of rotatable bonds is 4. The third-order valence-electron chi connectivity index (χ3n) is 4.44. The van der Waals surface area contributed by atoms with Gasteiger partial charge in [-0.1, -0.05) is 5.21 Å². The van der Waals surface area contributed by atoms with Crippen LogP contribution < -0.4 is 4.90 Å². The molecule has 0 unspecified atom stereocenters. The Morgan fingerprint density at radius 2 is 1.73 bits per heavy atom. The summed E-state index contributed by atoms with van der Waals surface area (Å²) in [6.07, 6.45) is 4.52. The van der Waals surface area contributed by atoms with Crippen molar-refractivity contribution in [3.05, 3.63) is 35.7 Å². The molecule has 0 amide bonds. The maximum absolute atomic E-state index is 11.3. The number of aromatic nitrogens is 3. The van der Waals surface area contributed by atoms with E-state index in [0.29, 0.717) is 0 Å². The van der Waals surface area contributed by atoms with Crippen LogP contribution in [0.15, 0.2) is 24.3 Å². The van der Waals surface area contributed by atoms with Crippen molar-refractivity contribution in [2.24, 2.45) is 0 Å².